The minimum absolute atomic E-state index is 0.0350. The van der Waals surface area contributed by atoms with E-state index >= 15 is 0 Å². The predicted molar refractivity (Wildman–Crippen MR) is 72.5 cm³/mol. The van der Waals surface area contributed by atoms with Gasteiger partial charge in [0.25, 0.3) is 0 Å². The molecule has 0 fully saturated rings. The molecule has 0 aliphatic carbocycles. The number of hydrogen-bond donors (Lipinski definition) is 1. The molecule has 1 aromatic rings. The summed E-state index contributed by atoms with van der Waals surface area (Å²) in [4.78, 5) is 13.6. The molecule has 17 heavy (non-hydrogen) atoms. The Labute approximate surface area is 104 Å². The first-order valence-corrected chi connectivity index (χ1v) is 6.14. The Kier molecular flexibility index (Phi) is 5.01. The Balaban J connectivity index is 2.64. The van der Waals surface area contributed by atoms with E-state index in [1.807, 2.05) is 39.1 Å². The van der Waals surface area contributed by atoms with Crippen LogP contribution in [0.3, 0.4) is 0 Å². The fourth-order valence-electron chi connectivity index (χ4n) is 1.58. The minimum Gasteiger partial charge on any atom is -0.328 e. The van der Waals surface area contributed by atoms with Crippen molar-refractivity contribution in [3.63, 3.8) is 0 Å². The Morgan fingerprint density at radius 1 is 1.35 bits per heavy atom. The van der Waals surface area contributed by atoms with Crippen molar-refractivity contribution in [1.82, 2.24) is 4.90 Å². The Bertz CT molecular complexity index is 388. The molecule has 0 aromatic heterocycles. The van der Waals surface area contributed by atoms with E-state index in [9.17, 15) is 4.79 Å². The number of carbonyl (C=O) groups is 1. The van der Waals surface area contributed by atoms with Crippen molar-refractivity contribution in [2.75, 3.05) is 18.9 Å². The summed E-state index contributed by atoms with van der Waals surface area (Å²) in [5.41, 5.74) is 3.15. The molecule has 3 heteroatoms. The van der Waals surface area contributed by atoms with Gasteiger partial charge in [0.15, 0.2) is 0 Å². The average molecular weight is 234 g/mol. The molecule has 0 spiro atoms. The van der Waals surface area contributed by atoms with E-state index in [4.69, 9.17) is 0 Å². The number of nitrogens with one attached hydrogen (secondary N) is 1. The van der Waals surface area contributed by atoms with E-state index in [2.05, 4.69) is 12.2 Å². The lowest BCUT2D eigenvalue weighted by molar-refractivity contribution is 0.222. The number of anilines is 1. The van der Waals surface area contributed by atoms with Gasteiger partial charge in [-0.2, -0.15) is 0 Å². The molecule has 0 aliphatic heterocycles. The first-order chi connectivity index (χ1) is 8.04. The van der Waals surface area contributed by atoms with Gasteiger partial charge in [0.05, 0.1) is 0 Å². The predicted octanol–water partition coefficient (Wildman–Crippen LogP) is 3.57. The molecule has 0 saturated heterocycles. The summed E-state index contributed by atoms with van der Waals surface area (Å²) in [6.07, 6.45) is 2.14. The van der Waals surface area contributed by atoms with Crippen LogP contribution in [0.2, 0.25) is 0 Å². The van der Waals surface area contributed by atoms with Gasteiger partial charge in [-0.25, -0.2) is 4.79 Å². The number of rotatable bonds is 4. The third-order valence-corrected chi connectivity index (χ3v) is 2.83. The number of benzene rings is 1. The summed E-state index contributed by atoms with van der Waals surface area (Å²) in [5.74, 6) is 0. The van der Waals surface area contributed by atoms with Gasteiger partial charge in [-0.1, -0.05) is 25.5 Å². The topological polar surface area (TPSA) is 32.3 Å². The molecule has 94 valence electrons. The lowest BCUT2D eigenvalue weighted by Gasteiger charge is -2.18. The largest absolute Gasteiger partial charge is 0.328 e. The molecule has 0 aliphatic rings. The normalized spacial score (nSPS) is 10.1. The van der Waals surface area contributed by atoms with Gasteiger partial charge in [-0.15, -0.1) is 0 Å². The van der Waals surface area contributed by atoms with Gasteiger partial charge < -0.3 is 10.2 Å². The quantitative estimate of drug-likeness (QED) is 0.848. The lowest BCUT2D eigenvalue weighted by Crippen LogP contribution is -2.32. The van der Waals surface area contributed by atoms with E-state index in [1.54, 1.807) is 4.90 Å². The molecule has 0 saturated carbocycles. The van der Waals surface area contributed by atoms with Crippen molar-refractivity contribution in [2.24, 2.45) is 0 Å². The van der Waals surface area contributed by atoms with Crippen LogP contribution in [-0.4, -0.2) is 24.5 Å². The second-order valence-corrected chi connectivity index (χ2v) is 4.52. The minimum atomic E-state index is -0.0350. The van der Waals surface area contributed by atoms with Gasteiger partial charge in [-0.3, -0.25) is 0 Å². The van der Waals surface area contributed by atoms with Gasteiger partial charge in [-0.05, 0) is 37.5 Å². The van der Waals surface area contributed by atoms with Crippen LogP contribution in [0.5, 0.6) is 0 Å². The third-order valence-electron chi connectivity index (χ3n) is 2.83. The van der Waals surface area contributed by atoms with Crippen LogP contribution in [0.4, 0.5) is 10.5 Å². The Hall–Kier alpha value is -1.51. The zero-order chi connectivity index (χ0) is 12.8. The number of aryl methyl sites for hydroxylation is 2. The third kappa shape index (κ3) is 4.10. The number of unbranched alkanes of at least 4 members (excludes halogenated alkanes) is 1. The second-order valence-electron chi connectivity index (χ2n) is 4.52. The first-order valence-electron chi connectivity index (χ1n) is 6.14. The molecule has 2 amide bonds. The Morgan fingerprint density at radius 2 is 2.06 bits per heavy atom. The number of carbonyl (C=O) groups excluding carboxylic acids is 1. The van der Waals surface area contributed by atoms with Crippen molar-refractivity contribution in [3.8, 4) is 0 Å². The van der Waals surface area contributed by atoms with Crippen LogP contribution in [0.15, 0.2) is 18.2 Å². The van der Waals surface area contributed by atoms with Crippen LogP contribution in [-0.2, 0) is 0 Å². The standard InChI is InChI=1S/C14H22N2O/c1-5-6-9-16(4)14(17)15-13-10-11(2)7-8-12(13)3/h7-8,10H,5-6,9H2,1-4H3,(H,15,17). The number of amides is 2. The molecular weight excluding hydrogens is 212 g/mol. The maximum atomic E-state index is 11.9. The molecule has 0 atom stereocenters. The Morgan fingerprint density at radius 3 is 2.71 bits per heavy atom. The average Bonchev–Trinajstić information content (AvgIpc) is 2.30. The zero-order valence-corrected chi connectivity index (χ0v) is 11.2. The second kappa shape index (κ2) is 6.28. The highest BCUT2D eigenvalue weighted by Gasteiger charge is 2.09. The van der Waals surface area contributed by atoms with Crippen LogP contribution >= 0.6 is 0 Å². The fraction of sp³-hybridized carbons (Fsp3) is 0.500. The molecule has 3 nitrogen and oxygen atoms in total. The van der Waals surface area contributed by atoms with Crippen molar-refractivity contribution < 1.29 is 4.79 Å². The molecule has 0 unspecified atom stereocenters. The van der Waals surface area contributed by atoms with E-state index in [0.29, 0.717) is 0 Å². The van der Waals surface area contributed by atoms with Crippen molar-refractivity contribution in [3.05, 3.63) is 29.3 Å². The summed E-state index contributed by atoms with van der Waals surface area (Å²) < 4.78 is 0. The van der Waals surface area contributed by atoms with Crippen LogP contribution in [0.25, 0.3) is 0 Å². The maximum absolute atomic E-state index is 11.9. The monoisotopic (exact) mass is 234 g/mol. The summed E-state index contributed by atoms with van der Waals surface area (Å²) in [6, 6.07) is 6.04. The molecule has 0 heterocycles. The highest BCUT2D eigenvalue weighted by Crippen LogP contribution is 2.16. The molecule has 0 radical (unpaired) electrons. The summed E-state index contributed by atoms with van der Waals surface area (Å²) >= 11 is 0. The smallest absolute Gasteiger partial charge is 0.321 e. The number of hydrogen-bond acceptors (Lipinski definition) is 1. The SMILES string of the molecule is CCCCN(C)C(=O)Nc1cc(C)ccc1C. The maximum Gasteiger partial charge on any atom is 0.321 e. The van der Waals surface area contributed by atoms with Crippen LogP contribution in [0.1, 0.15) is 30.9 Å². The van der Waals surface area contributed by atoms with E-state index in [0.717, 1.165) is 36.2 Å². The van der Waals surface area contributed by atoms with Gasteiger partial charge >= 0.3 is 6.03 Å². The van der Waals surface area contributed by atoms with Gasteiger partial charge in [0.1, 0.15) is 0 Å². The van der Waals surface area contributed by atoms with Crippen molar-refractivity contribution >= 4 is 11.7 Å². The molecule has 1 rings (SSSR count). The summed E-state index contributed by atoms with van der Waals surface area (Å²) in [5, 5.41) is 2.95. The lowest BCUT2D eigenvalue weighted by atomic mass is 10.1. The highest BCUT2D eigenvalue weighted by molar-refractivity contribution is 5.90. The van der Waals surface area contributed by atoms with Crippen LogP contribution in [0, 0.1) is 13.8 Å². The van der Waals surface area contributed by atoms with Gasteiger partial charge in [0.2, 0.25) is 0 Å². The number of urea groups is 1. The van der Waals surface area contributed by atoms with Gasteiger partial charge in [0, 0.05) is 19.3 Å². The molecule has 1 N–H and O–H groups in total. The summed E-state index contributed by atoms with van der Waals surface area (Å²) in [7, 11) is 1.83. The van der Waals surface area contributed by atoms with E-state index in [-0.39, 0.29) is 6.03 Å². The molecule has 1 aromatic carbocycles. The summed E-state index contributed by atoms with van der Waals surface area (Å²) in [6.45, 7) is 6.95. The molecule has 0 bridgehead atoms. The molecular formula is C14H22N2O. The zero-order valence-electron chi connectivity index (χ0n) is 11.2. The fourth-order valence-corrected chi connectivity index (χ4v) is 1.58. The van der Waals surface area contributed by atoms with Crippen molar-refractivity contribution in [2.45, 2.75) is 33.6 Å². The van der Waals surface area contributed by atoms with E-state index in [1.165, 1.54) is 0 Å². The van der Waals surface area contributed by atoms with Crippen molar-refractivity contribution in [1.29, 1.82) is 0 Å². The van der Waals surface area contributed by atoms with Crippen LogP contribution < -0.4 is 5.32 Å². The first kappa shape index (κ1) is 13.6. The van der Waals surface area contributed by atoms with E-state index < -0.39 is 0 Å². The number of nitrogens with zero attached hydrogens (tertiary/aromatic N) is 1. The highest BCUT2D eigenvalue weighted by atomic mass is 16.2.